The summed E-state index contributed by atoms with van der Waals surface area (Å²) in [5.74, 6) is 25.5. The Morgan fingerprint density at radius 3 is 0.744 bits per heavy atom. The maximum atomic E-state index is 5.94. The topological polar surface area (TPSA) is 118 Å². The number of rotatable bonds is 21. The lowest BCUT2D eigenvalue weighted by molar-refractivity contribution is 0.305. The molecule has 0 aliphatic carbocycles. The maximum Gasteiger partial charge on any atom is 0.247 e. The highest BCUT2D eigenvalue weighted by Gasteiger charge is 2.25. The predicted octanol–water partition coefficient (Wildman–Crippen LogP) is 13.9. The maximum absolute atomic E-state index is 5.94. The molecule has 0 N–H and O–H groups in total. The van der Waals surface area contributed by atoms with Gasteiger partial charge in [-0.25, -0.2) is 13.2 Å². The number of ether oxygens (including phenoxy) is 3. The molecule has 0 unspecified atom stereocenters. The van der Waals surface area contributed by atoms with Crippen molar-refractivity contribution >= 4 is 17.3 Å². The zero-order chi connectivity index (χ0) is 53.3. The molecule has 12 nitrogen and oxygen atoms in total. The van der Waals surface area contributed by atoms with E-state index in [-0.39, 0.29) is 0 Å². The van der Waals surface area contributed by atoms with Crippen LogP contribution in [0.3, 0.4) is 0 Å². The average Bonchev–Trinajstić information content (AvgIpc) is 4.45. The van der Waals surface area contributed by atoms with Crippen LogP contribution in [0, 0.1) is 35.5 Å². The molecule has 0 atom stereocenters. The molecule has 390 valence electrons. The van der Waals surface area contributed by atoms with Gasteiger partial charge in [-0.2, -0.15) is 0 Å². The third-order valence-corrected chi connectivity index (χ3v) is 13.4. The van der Waals surface area contributed by atoms with E-state index >= 15 is 0 Å². The summed E-state index contributed by atoms with van der Waals surface area (Å²) >= 11 is 0. The van der Waals surface area contributed by atoms with Gasteiger partial charge < -0.3 is 14.2 Å². The average molecular weight is 1030 g/mol. The summed E-state index contributed by atoms with van der Waals surface area (Å²) in [5.41, 5.74) is 7.73. The van der Waals surface area contributed by atoms with Gasteiger partial charge in [-0.3, -0.25) is 0 Å². The first-order valence-corrected chi connectivity index (χ1v) is 27.5. The number of hydrogen-bond acceptors (Lipinski definition) is 9. The third-order valence-electron chi connectivity index (χ3n) is 13.4. The Bertz CT molecular complexity index is 3340. The van der Waals surface area contributed by atoms with Crippen LogP contribution in [0.25, 0.3) is 51.5 Å². The molecular formula is C66H63N9O3. The van der Waals surface area contributed by atoms with Crippen LogP contribution in [-0.2, 0) is 0 Å². The summed E-state index contributed by atoms with van der Waals surface area (Å²) in [6, 6.07) is 47.8. The second-order valence-electron chi connectivity index (χ2n) is 19.3. The lowest BCUT2D eigenvalue weighted by Gasteiger charge is -2.08. The van der Waals surface area contributed by atoms with E-state index < -0.39 is 0 Å². The molecule has 78 heavy (non-hydrogen) atoms. The highest BCUT2D eigenvalue weighted by atomic mass is 16.5. The Morgan fingerprint density at radius 1 is 0.282 bits per heavy atom. The minimum atomic E-state index is 0.471. The summed E-state index contributed by atoms with van der Waals surface area (Å²) in [5, 5.41) is 28.6. The zero-order valence-electron chi connectivity index (χ0n) is 44.7. The molecule has 0 radical (unpaired) electrons. The predicted molar refractivity (Wildman–Crippen MR) is 309 cm³/mol. The molecule has 4 aromatic heterocycles. The zero-order valence-corrected chi connectivity index (χ0v) is 44.7. The highest BCUT2D eigenvalue weighted by Crippen LogP contribution is 2.29. The summed E-state index contributed by atoms with van der Waals surface area (Å²) in [6.45, 7) is 8.81. The van der Waals surface area contributed by atoms with Gasteiger partial charge in [0.15, 0.2) is 17.5 Å². The Morgan fingerprint density at radius 2 is 0.513 bits per heavy atom. The van der Waals surface area contributed by atoms with Crippen LogP contribution in [0.5, 0.6) is 17.2 Å². The normalized spacial score (nSPS) is 11.0. The first kappa shape index (κ1) is 52.3. The molecule has 12 heteroatoms. The molecule has 0 spiro atoms. The van der Waals surface area contributed by atoms with E-state index in [0.717, 1.165) is 106 Å². The Hall–Kier alpha value is -9.18. The number of nitrogens with zero attached hydrogens (tertiary/aromatic N) is 9. The Balaban J connectivity index is 0.937. The molecule has 0 saturated heterocycles. The molecule has 6 aromatic carbocycles. The molecule has 0 bridgehead atoms. The Kier molecular flexibility index (Phi) is 17.5. The van der Waals surface area contributed by atoms with Crippen LogP contribution in [-0.4, -0.2) is 63.6 Å². The van der Waals surface area contributed by atoms with Gasteiger partial charge in [0.05, 0.1) is 19.8 Å². The van der Waals surface area contributed by atoms with Crippen LogP contribution >= 0.6 is 0 Å². The smallest absolute Gasteiger partial charge is 0.247 e. The van der Waals surface area contributed by atoms with Crippen molar-refractivity contribution in [3.05, 3.63) is 179 Å². The SMILES string of the molecule is CCCCCCOc1ccc(C#Cc2ccc(-c3nnc4n3c3nnc(-c5ccc(C#Cc6ccc(OCCCCCC)cc6)cc5)n3c3nnc(-c5ccc(C#Cc6ccc(OCCCCCC)cc6)cc5)n43)cc2)cc1. The van der Waals surface area contributed by atoms with Crippen LogP contribution < -0.4 is 14.2 Å². The van der Waals surface area contributed by atoms with Gasteiger partial charge in [0, 0.05) is 50.1 Å². The molecule has 0 amide bonds. The second-order valence-corrected chi connectivity index (χ2v) is 19.3. The van der Waals surface area contributed by atoms with Crippen molar-refractivity contribution in [2.24, 2.45) is 0 Å². The van der Waals surface area contributed by atoms with Crippen molar-refractivity contribution in [2.75, 3.05) is 19.8 Å². The van der Waals surface area contributed by atoms with Gasteiger partial charge >= 0.3 is 0 Å². The molecule has 0 fully saturated rings. The first-order valence-electron chi connectivity index (χ1n) is 27.5. The quantitative estimate of drug-likeness (QED) is 0.0512. The number of benzene rings is 6. The fraction of sp³-hybridized carbons (Fsp3) is 0.273. The monoisotopic (exact) mass is 1030 g/mol. The van der Waals surface area contributed by atoms with E-state index in [0.29, 0.717) is 34.8 Å². The summed E-state index contributed by atoms with van der Waals surface area (Å²) in [4.78, 5) is 0. The molecule has 0 aliphatic heterocycles. The lowest BCUT2D eigenvalue weighted by atomic mass is 10.1. The van der Waals surface area contributed by atoms with Crippen LogP contribution in [0.1, 0.15) is 131 Å². The van der Waals surface area contributed by atoms with Crippen molar-refractivity contribution in [2.45, 2.75) is 97.8 Å². The Labute approximate surface area is 456 Å². The fourth-order valence-electron chi connectivity index (χ4n) is 8.98. The van der Waals surface area contributed by atoms with Gasteiger partial charge in [0.25, 0.3) is 0 Å². The van der Waals surface area contributed by atoms with Gasteiger partial charge in [0.2, 0.25) is 17.3 Å². The molecule has 0 saturated carbocycles. The van der Waals surface area contributed by atoms with E-state index in [9.17, 15) is 0 Å². The molecule has 10 rings (SSSR count). The number of aromatic nitrogens is 9. The number of unbranched alkanes of at least 4 members (excludes halogenated alkanes) is 9. The van der Waals surface area contributed by atoms with E-state index in [1.54, 1.807) is 0 Å². The van der Waals surface area contributed by atoms with Crippen molar-refractivity contribution in [3.63, 3.8) is 0 Å². The molecule has 0 aliphatic rings. The number of fused-ring (bicyclic) bond motifs is 6. The second kappa shape index (κ2) is 26.0. The van der Waals surface area contributed by atoms with E-state index in [1.165, 1.54) is 57.8 Å². The first-order chi connectivity index (χ1) is 38.5. The minimum absolute atomic E-state index is 0.471. The van der Waals surface area contributed by atoms with Gasteiger partial charge in [-0.15, -0.1) is 30.6 Å². The highest BCUT2D eigenvalue weighted by molar-refractivity contribution is 5.72. The van der Waals surface area contributed by atoms with E-state index in [2.05, 4.69) is 56.3 Å². The van der Waals surface area contributed by atoms with Crippen molar-refractivity contribution < 1.29 is 14.2 Å². The molecular weight excluding hydrogens is 967 g/mol. The van der Waals surface area contributed by atoms with Crippen molar-refractivity contribution in [1.29, 1.82) is 0 Å². The van der Waals surface area contributed by atoms with E-state index in [1.807, 2.05) is 159 Å². The van der Waals surface area contributed by atoms with Crippen LogP contribution in [0.2, 0.25) is 0 Å². The summed E-state index contributed by atoms with van der Waals surface area (Å²) in [6.07, 6.45) is 14.1. The van der Waals surface area contributed by atoms with Crippen molar-refractivity contribution in [3.8, 4) is 86.9 Å². The standard InChI is InChI=1S/C66H63N9O3/c1-4-7-10-13-46-76-58-40-28-52(29-41-58)19-16-49-22-34-55(35-23-49)61-67-70-64-73(61)65-71-68-62(56-36-24-50(25-37-56)17-20-53-30-42-59(43-31-53)77-47-14-11-8-5-2)75(65)66-72-69-63(74(64)66)57-38-26-51(27-39-57)18-21-54-32-44-60(45-33-54)78-48-15-12-9-6-3/h22-45H,4-15,46-48H2,1-3H3. The minimum Gasteiger partial charge on any atom is -0.494 e. The summed E-state index contributed by atoms with van der Waals surface area (Å²) in [7, 11) is 0. The van der Waals surface area contributed by atoms with Gasteiger partial charge in [-0.05, 0) is 165 Å². The lowest BCUT2D eigenvalue weighted by Crippen LogP contribution is -2.07. The van der Waals surface area contributed by atoms with Crippen molar-refractivity contribution in [1.82, 2.24) is 43.8 Å². The largest absolute Gasteiger partial charge is 0.494 e. The van der Waals surface area contributed by atoms with Gasteiger partial charge in [0.1, 0.15) is 17.2 Å². The summed E-state index contributed by atoms with van der Waals surface area (Å²) < 4.78 is 23.5. The van der Waals surface area contributed by atoms with Gasteiger partial charge in [-0.1, -0.05) is 114 Å². The molecule has 10 aromatic rings. The fourth-order valence-corrected chi connectivity index (χ4v) is 8.98. The van der Waals surface area contributed by atoms with Crippen LogP contribution in [0.4, 0.5) is 0 Å². The van der Waals surface area contributed by atoms with E-state index in [4.69, 9.17) is 44.8 Å². The van der Waals surface area contributed by atoms with Crippen LogP contribution in [0.15, 0.2) is 146 Å². The number of hydrogen-bond donors (Lipinski definition) is 0. The third kappa shape index (κ3) is 12.9. The molecule has 4 heterocycles.